The molecule has 3 nitrogen and oxygen atoms in total. The molecule has 0 heterocycles. The van der Waals surface area contributed by atoms with Crippen LogP contribution in [0.15, 0.2) is 0 Å². The second kappa shape index (κ2) is 11.0. The first-order chi connectivity index (χ1) is 6.85. The van der Waals surface area contributed by atoms with Crippen molar-refractivity contribution in [3.05, 3.63) is 0 Å². The van der Waals surface area contributed by atoms with Gasteiger partial charge >= 0.3 is 0 Å². The second-order valence-electron chi connectivity index (χ2n) is 3.57. The molecule has 0 spiro atoms. The van der Waals surface area contributed by atoms with Gasteiger partial charge in [0.2, 0.25) is 0 Å². The van der Waals surface area contributed by atoms with Gasteiger partial charge in [-0.25, -0.2) is 0 Å². The van der Waals surface area contributed by atoms with Crippen molar-refractivity contribution in [1.82, 2.24) is 5.32 Å². The molecular weight excluding hydrogens is 178 g/mol. The van der Waals surface area contributed by atoms with Crippen LogP contribution in [0, 0.1) is 0 Å². The molecule has 0 aliphatic carbocycles. The molecule has 0 radical (unpaired) electrons. The topological polar surface area (TPSA) is 30.5 Å². The molecule has 0 rings (SSSR count). The molecule has 3 heteroatoms. The zero-order valence-electron chi connectivity index (χ0n) is 9.84. The molecule has 0 aromatic rings. The van der Waals surface area contributed by atoms with Crippen LogP contribution >= 0.6 is 0 Å². The van der Waals surface area contributed by atoms with Gasteiger partial charge in [-0.3, -0.25) is 0 Å². The second-order valence-corrected chi connectivity index (χ2v) is 3.57. The molecule has 0 aromatic heterocycles. The van der Waals surface area contributed by atoms with Gasteiger partial charge in [-0.1, -0.05) is 6.92 Å². The van der Waals surface area contributed by atoms with E-state index in [0.717, 1.165) is 32.6 Å². The molecule has 0 aliphatic rings. The molecule has 14 heavy (non-hydrogen) atoms. The number of ether oxygens (including phenoxy) is 2. The normalized spacial score (nSPS) is 13.1. The molecule has 0 saturated heterocycles. The van der Waals surface area contributed by atoms with E-state index in [2.05, 4.69) is 12.2 Å². The van der Waals surface area contributed by atoms with Crippen molar-refractivity contribution in [3.8, 4) is 0 Å². The monoisotopic (exact) mass is 203 g/mol. The Balaban J connectivity index is 3.49. The zero-order chi connectivity index (χ0) is 10.6. The van der Waals surface area contributed by atoms with E-state index in [1.54, 1.807) is 14.2 Å². The van der Waals surface area contributed by atoms with Gasteiger partial charge in [0.15, 0.2) is 0 Å². The standard InChI is InChI=1S/C11H25NO2/c1-4-8-12-11(7-10-14-3)6-5-9-13-2/h11-12H,4-10H2,1-3H3. The minimum absolute atomic E-state index is 0.588. The van der Waals surface area contributed by atoms with Crippen LogP contribution in [0.2, 0.25) is 0 Å². The Bertz CT molecular complexity index is 101. The highest BCUT2D eigenvalue weighted by Gasteiger charge is 2.06. The highest BCUT2D eigenvalue weighted by molar-refractivity contribution is 4.66. The predicted octanol–water partition coefficient (Wildman–Crippen LogP) is 1.82. The van der Waals surface area contributed by atoms with Crippen LogP contribution in [0.4, 0.5) is 0 Å². The number of rotatable bonds is 10. The summed E-state index contributed by atoms with van der Waals surface area (Å²) < 4.78 is 10.1. The molecule has 1 N–H and O–H groups in total. The summed E-state index contributed by atoms with van der Waals surface area (Å²) in [6.45, 7) is 4.99. The summed E-state index contributed by atoms with van der Waals surface area (Å²) in [5.41, 5.74) is 0. The zero-order valence-corrected chi connectivity index (χ0v) is 9.84. The first kappa shape index (κ1) is 13.9. The molecule has 0 saturated carbocycles. The Hall–Kier alpha value is -0.120. The fourth-order valence-electron chi connectivity index (χ4n) is 1.43. The van der Waals surface area contributed by atoms with Crippen molar-refractivity contribution in [1.29, 1.82) is 0 Å². The Labute approximate surface area is 88.2 Å². The number of hydrogen-bond donors (Lipinski definition) is 1. The minimum Gasteiger partial charge on any atom is -0.385 e. The number of methoxy groups -OCH3 is 2. The van der Waals surface area contributed by atoms with Crippen LogP contribution in [-0.2, 0) is 9.47 Å². The number of nitrogens with one attached hydrogen (secondary N) is 1. The smallest absolute Gasteiger partial charge is 0.0477 e. The van der Waals surface area contributed by atoms with Crippen LogP contribution in [0.1, 0.15) is 32.6 Å². The van der Waals surface area contributed by atoms with Crippen LogP contribution in [0.3, 0.4) is 0 Å². The van der Waals surface area contributed by atoms with Gasteiger partial charge in [0.05, 0.1) is 0 Å². The third-order valence-corrected chi connectivity index (χ3v) is 2.25. The highest BCUT2D eigenvalue weighted by Crippen LogP contribution is 2.02. The Kier molecular flexibility index (Phi) is 10.9. The third-order valence-electron chi connectivity index (χ3n) is 2.25. The van der Waals surface area contributed by atoms with Crippen LogP contribution in [-0.4, -0.2) is 40.0 Å². The number of hydrogen-bond acceptors (Lipinski definition) is 3. The van der Waals surface area contributed by atoms with E-state index in [9.17, 15) is 0 Å². The fourth-order valence-corrected chi connectivity index (χ4v) is 1.43. The van der Waals surface area contributed by atoms with Crippen LogP contribution < -0.4 is 5.32 Å². The van der Waals surface area contributed by atoms with Gasteiger partial charge in [-0.05, 0) is 32.2 Å². The molecule has 0 amide bonds. The molecule has 0 aliphatic heterocycles. The maximum absolute atomic E-state index is 5.09. The van der Waals surface area contributed by atoms with Gasteiger partial charge in [0.1, 0.15) is 0 Å². The van der Waals surface area contributed by atoms with Gasteiger partial charge in [-0.2, -0.15) is 0 Å². The van der Waals surface area contributed by atoms with Gasteiger partial charge in [0, 0.05) is 33.5 Å². The maximum atomic E-state index is 5.09. The van der Waals surface area contributed by atoms with E-state index in [-0.39, 0.29) is 0 Å². The van der Waals surface area contributed by atoms with E-state index in [1.807, 2.05) is 0 Å². The molecular formula is C11H25NO2. The highest BCUT2D eigenvalue weighted by atomic mass is 16.5. The van der Waals surface area contributed by atoms with Crippen molar-refractivity contribution in [3.63, 3.8) is 0 Å². The average Bonchev–Trinajstić information content (AvgIpc) is 2.21. The maximum Gasteiger partial charge on any atom is 0.0477 e. The van der Waals surface area contributed by atoms with Gasteiger partial charge in [-0.15, -0.1) is 0 Å². The Morgan fingerprint density at radius 1 is 1.07 bits per heavy atom. The van der Waals surface area contributed by atoms with Gasteiger partial charge < -0.3 is 14.8 Å². The summed E-state index contributed by atoms with van der Waals surface area (Å²) in [5.74, 6) is 0. The lowest BCUT2D eigenvalue weighted by Crippen LogP contribution is -2.31. The van der Waals surface area contributed by atoms with E-state index >= 15 is 0 Å². The van der Waals surface area contributed by atoms with E-state index in [4.69, 9.17) is 9.47 Å². The lowest BCUT2D eigenvalue weighted by Gasteiger charge is -2.17. The van der Waals surface area contributed by atoms with Crippen molar-refractivity contribution in [2.75, 3.05) is 34.0 Å². The summed E-state index contributed by atoms with van der Waals surface area (Å²) in [4.78, 5) is 0. The predicted molar refractivity (Wildman–Crippen MR) is 59.7 cm³/mol. The quantitative estimate of drug-likeness (QED) is 0.549. The van der Waals surface area contributed by atoms with E-state index in [0.29, 0.717) is 6.04 Å². The Morgan fingerprint density at radius 2 is 1.79 bits per heavy atom. The minimum atomic E-state index is 0.588. The molecule has 0 fully saturated rings. The van der Waals surface area contributed by atoms with Crippen LogP contribution in [0.25, 0.3) is 0 Å². The molecule has 0 aromatic carbocycles. The SMILES string of the molecule is CCCNC(CCCOC)CCOC. The first-order valence-corrected chi connectivity index (χ1v) is 5.56. The largest absolute Gasteiger partial charge is 0.385 e. The average molecular weight is 203 g/mol. The van der Waals surface area contributed by atoms with Crippen molar-refractivity contribution < 1.29 is 9.47 Å². The molecule has 86 valence electrons. The lowest BCUT2D eigenvalue weighted by molar-refractivity contribution is 0.168. The third kappa shape index (κ3) is 8.48. The Morgan fingerprint density at radius 3 is 2.36 bits per heavy atom. The lowest BCUT2D eigenvalue weighted by atomic mass is 10.1. The molecule has 1 unspecified atom stereocenters. The summed E-state index contributed by atoms with van der Waals surface area (Å²) in [6, 6.07) is 0.588. The van der Waals surface area contributed by atoms with E-state index in [1.165, 1.54) is 12.8 Å². The summed E-state index contributed by atoms with van der Waals surface area (Å²) in [5, 5.41) is 3.53. The summed E-state index contributed by atoms with van der Waals surface area (Å²) in [7, 11) is 3.51. The van der Waals surface area contributed by atoms with Crippen molar-refractivity contribution >= 4 is 0 Å². The summed E-state index contributed by atoms with van der Waals surface area (Å²) in [6.07, 6.45) is 4.59. The fraction of sp³-hybridized carbons (Fsp3) is 1.00. The van der Waals surface area contributed by atoms with E-state index < -0.39 is 0 Å². The van der Waals surface area contributed by atoms with Crippen molar-refractivity contribution in [2.45, 2.75) is 38.6 Å². The van der Waals surface area contributed by atoms with Crippen molar-refractivity contribution in [2.24, 2.45) is 0 Å². The summed E-state index contributed by atoms with van der Waals surface area (Å²) >= 11 is 0. The molecule has 1 atom stereocenters. The first-order valence-electron chi connectivity index (χ1n) is 5.56. The van der Waals surface area contributed by atoms with Crippen LogP contribution in [0.5, 0.6) is 0 Å². The van der Waals surface area contributed by atoms with Gasteiger partial charge in [0.25, 0.3) is 0 Å². The molecule has 0 bridgehead atoms.